The fourth-order valence-corrected chi connectivity index (χ4v) is 4.33. The van der Waals surface area contributed by atoms with E-state index < -0.39 is 0 Å². The molecule has 3 aliphatic rings. The minimum Gasteiger partial charge on any atom is -0.356 e. The van der Waals surface area contributed by atoms with Gasteiger partial charge in [-0.3, -0.25) is 9.59 Å². The molecule has 4 heteroatoms. The molecule has 1 aromatic rings. The zero-order valence-electron chi connectivity index (χ0n) is 14.9. The first-order valence-electron chi connectivity index (χ1n) is 9.86. The van der Waals surface area contributed by atoms with Gasteiger partial charge in [-0.1, -0.05) is 24.3 Å². The van der Waals surface area contributed by atoms with E-state index in [2.05, 4.69) is 23.5 Å². The fraction of sp³-hybridized carbons (Fsp3) is 0.619. The summed E-state index contributed by atoms with van der Waals surface area (Å²) < 4.78 is 0. The molecule has 4 nitrogen and oxygen atoms in total. The number of piperidine rings is 1. The van der Waals surface area contributed by atoms with Crippen LogP contribution in [0.4, 0.5) is 0 Å². The van der Waals surface area contributed by atoms with E-state index in [-0.39, 0.29) is 23.7 Å². The largest absolute Gasteiger partial charge is 0.356 e. The van der Waals surface area contributed by atoms with Crippen LogP contribution in [0.2, 0.25) is 0 Å². The SMILES string of the molecule is O=C(NCC1CC1)[C@@H]1CCCN(C(=O)[C@@H]2CCCc3ccccc32)C1. The van der Waals surface area contributed by atoms with Gasteiger partial charge in [0.15, 0.2) is 0 Å². The summed E-state index contributed by atoms with van der Waals surface area (Å²) in [5, 5.41) is 3.09. The molecule has 1 heterocycles. The molecular weight excluding hydrogens is 312 g/mol. The Hall–Kier alpha value is -1.84. The van der Waals surface area contributed by atoms with Crippen LogP contribution >= 0.6 is 0 Å². The van der Waals surface area contributed by atoms with Crippen LogP contribution in [0.25, 0.3) is 0 Å². The number of rotatable bonds is 4. The predicted octanol–water partition coefficient (Wildman–Crippen LogP) is 2.87. The summed E-state index contributed by atoms with van der Waals surface area (Å²) in [6.45, 7) is 2.21. The van der Waals surface area contributed by atoms with E-state index in [9.17, 15) is 9.59 Å². The molecule has 1 aliphatic heterocycles. The first-order chi connectivity index (χ1) is 12.2. The van der Waals surface area contributed by atoms with Crippen LogP contribution in [-0.2, 0) is 16.0 Å². The van der Waals surface area contributed by atoms with Gasteiger partial charge in [-0.25, -0.2) is 0 Å². The van der Waals surface area contributed by atoms with Crippen molar-refractivity contribution in [2.45, 2.75) is 50.9 Å². The van der Waals surface area contributed by atoms with Crippen molar-refractivity contribution in [1.29, 1.82) is 0 Å². The van der Waals surface area contributed by atoms with Crippen LogP contribution in [0, 0.1) is 11.8 Å². The number of benzene rings is 1. The maximum absolute atomic E-state index is 13.2. The number of hydrogen-bond donors (Lipinski definition) is 1. The van der Waals surface area contributed by atoms with E-state index in [1.807, 2.05) is 11.0 Å². The molecule has 0 aromatic heterocycles. The molecule has 25 heavy (non-hydrogen) atoms. The van der Waals surface area contributed by atoms with E-state index in [1.165, 1.54) is 24.0 Å². The van der Waals surface area contributed by atoms with Crippen LogP contribution in [-0.4, -0.2) is 36.3 Å². The Balaban J connectivity index is 1.41. The molecule has 0 unspecified atom stereocenters. The van der Waals surface area contributed by atoms with Gasteiger partial charge in [-0.2, -0.15) is 0 Å². The van der Waals surface area contributed by atoms with Crippen molar-refractivity contribution in [2.24, 2.45) is 11.8 Å². The van der Waals surface area contributed by atoms with Crippen LogP contribution < -0.4 is 5.32 Å². The van der Waals surface area contributed by atoms with Crippen molar-refractivity contribution >= 4 is 11.8 Å². The quantitative estimate of drug-likeness (QED) is 0.916. The number of nitrogens with one attached hydrogen (secondary N) is 1. The van der Waals surface area contributed by atoms with Gasteiger partial charge < -0.3 is 10.2 Å². The lowest BCUT2D eigenvalue weighted by Gasteiger charge is -2.36. The lowest BCUT2D eigenvalue weighted by atomic mass is 9.81. The molecule has 0 radical (unpaired) electrons. The van der Waals surface area contributed by atoms with Gasteiger partial charge >= 0.3 is 0 Å². The zero-order chi connectivity index (χ0) is 17.2. The Kier molecular flexibility index (Phi) is 4.78. The van der Waals surface area contributed by atoms with Crippen LogP contribution in [0.5, 0.6) is 0 Å². The molecule has 1 N–H and O–H groups in total. The molecular formula is C21H28N2O2. The Morgan fingerprint density at radius 3 is 2.76 bits per heavy atom. The molecule has 0 spiro atoms. The van der Waals surface area contributed by atoms with Crippen molar-refractivity contribution in [3.8, 4) is 0 Å². The van der Waals surface area contributed by atoms with Gasteiger partial charge in [0, 0.05) is 19.6 Å². The highest BCUT2D eigenvalue weighted by Crippen LogP contribution is 2.34. The molecule has 0 bridgehead atoms. The minimum atomic E-state index is -0.0321. The molecule has 4 rings (SSSR count). The fourth-order valence-electron chi connectivity index (χ4n) is 4.33. The third-order valence-corrected chi connectivity index (χ3v) is 6.03. The molecule has 2 aliphatic carbocycles. The van der Waals surface area contributed by atoms with E-state index in [0.717, 1.165) is 45.2 Å². The Bertz CT molecular complexity index is 653. The van der Waals surface area contributed by atoms with Crippen molar-refractivity contribution in [2.75, 3.05) is 19.6 Å². The molecule has 134 valence electrons. The van der Waals surface area contributed by atoms with Gasteiger partial charge in [0.25, 0.3) is 0 Å². The molecule has 1 saturated carbocycles. The van der Waals surface area contributed by atoms with E-state index in [4.69, 9.17) is 0 Å². The maximum Gasteiger partial charge on any atom is 0.230 e. The predicted molar refractivity (Wildman–Crippen MR) is 97.2 cm³/mol. The Morgan fingerprint density at radius 1 is 1.08 bits per heavy atom. The zero-order valence-corrected chi connectivity index (χ0v) is 14.9. The monoisotopic (exact) mass is 340 g/mol. The standard InChI is InChI=1S/C21H28N2O2/c24-20(22-13-15-10-11-15)17-7-4-12-23(14-17)21(25)19-9-3-6-16-5-1-2-8-18(16)19/h1-2,5,8,15,17,19H,3-4,6-7,9-14H2,(H,22,24)/t17-,19-/m1/s1. The number of likely N-dealkylation sites (tertiary alicyclic amines) is 1. The molecule has 1 aromatic carbocycles. The van der Waals surface area contributed by atoms with Gasteiger partial charge in [0.1, 0.15) is 0 Å². The maximum atomic E-state index is 13.2. The lowest BCUT2D eigenvalue weighted by molar-refractivity contribution is -0.137. The van der Waals surface area contributed by atoms with Crippen LogP contribution in [0.3, 0.4) is 0 Å². The summed E-state index contributed by atoms with van der Waals surface area (Å²) in [6, 6.07) is 8.36. The van der Waals surface area contributed by atoms with Crippen molar-refractivity contribution in [1.82, 2.24) is 10.2 Å². The second-order valence-electron chi connectivity index (χ2n) is 7.96. The second kappa shape index (κ2) is 7.19. The highest BCUT2D eigenvalue weighted by molar-refractivity contribution is 5.86. The number of amides is 2. The summed E-state index contributed by atoms with van der Waals surface area (Å²) in [7, 11) is 0. The summed E-state index contributed by atoms with van der Waals surface area (Å²) in [4.78, 5) is 27.5. The summed E-state index contributed by atoms with van der Waals surface area (Å²) >= 11 is 0. The number of fused-ring (bicyclic) bond motifs is 1. The van der Waals surface area contributed by atoms with Gasteiger partial charge in [0.2, 0.25) is 11.8 Å². The van der Waals surface area contributed by atoms with Crippen LogP contribution in [0.15, 0.2) is 24.3 Å². The Labute approximate surface area is 150 Å². The van der Waals surface area contributed by atoms with Crippen molar-refractivity contribution in [3.63, 3.8) is 0 Å². The number of carbonyl (C=O) groups is 2. The number of carbonyl (C=O) groups excluding carboxylic acids is 2. The average molecular weight is 340 g/mol. The highest BCUT2D eigenvalue weighted by Gasteiger charge is 2.34. The van der Waals surface area contributed by atoms with Gasteiger partial charge in [0.05, 0.1) is 11.8 Å². The number of nitrogens with zero attached hydrogens (tertiary/aromatic N) is 1. The molecule has 2 atom stereocenters. The first-order valence-corrected chi connectivity index (χ1v) is 9.86. The van der Waals surface area contributed by atoms with Crippen LogP contribution in [0.1, 0.15) is 55.6 Å². The molecule has 2 amide bonds. The molecule has 2 fully saturated rings. The lowest BCUT2D eigenvalue weighted by Crippen LogP contribution is -2.47. The first kappa shape index (κ1) is 16.6. The van der Waals surface area contributed by atoms with Gasteiger partial charge in [-0.15, -0.1) is 0 Å². The van der Waals surface area contributed by atoms with E-state index in [1.54, 1.807) is 0 Å². The van der Waals surface area contributed by atoms with Gasteiger partial charge in [-0.05, 0) is 62.0 Å². The van der Waals surface area contributed by atoms with Crippen molar-refractivity contribution < 1.29 is 9.59 Å². The summed E-state index contributed by atoms with van der Waals surface area (Å²) in [6.07, 6.45) is 7.42. The normalized spacial score (nSPS) is 26.0. The minimum absolute atomic E-state index is 0.0155. The third kappa shape index (κ3) is 3.73. The smallest absolute Gasteiger partial charge is 0.230 e. The summed E-state index contributed by atoms with van der Waals surface area (Å²) in [5.41, 5.74) is 2.53. The summed E-state index contributed by atoms with van der Waals surface area (Å²) in [5.74, 6) is 1.03. The van der Waals surface area contributed by atoms with E-state index in [0.29, 0.717) is 12.5 Å². The number of aryl methyl sites for hydroxylation is 1. The molecule has 1 saturated heterocycles. The average Bonchev–Trinajstić information content (AvgIpc) is 3.49. The van der Waals surface area contributed by atoms with E-state index >= 15 is 0 Å². The second-order valence-corrected chi connectivity index (χ2v) is 7.96. The third-order valence-electron chi connectivity index (χ3n) is 6.03. The Morgan fingerprint density at radius 2 is 1.92 bits per heavy atom. The van der Waals surface area contributed by atoms with Crippen molar-refractivity contribution in [3.05, 3.63) is 35.4 Å². The topological polar surface area (TPSA) is 49.4 Å². The number of hydrogen-bond acceptors (Lipinski definition) is 2. The highest BCUT2D eigenvalue weighted by atomic mass is 16.2.